The first-order valence-electron chi connectivity index (χ1n) is 4.55. The number of ether oxygens (including phenoxy) is 2. The molecule has 4 aliphatic rings. The summed E-state index contributed by atoms with van der Waals surface area (Å²) in [4.78, 5) is 11.5. The molecule has 0 aromatic carbocycles. The molecule has 1 unspecified atom stereocenters. The van der Waals surface area contributed by atoms with Crippen molar-refractivity contribution in [2.24, 2.45) is 11.8 Å². The maximum Gasteiger partial charge on any atom is 0.193 e. The van der Waals surface area contributed by atoms with E-state index < -0.39 is 0 Å². The summed E-state index contributed by atoms with van der Waals surface area (Å²) in [5.41, 5.74) is 0. The van der Waals surface area contributed by atoms with Gasteiger partial charge in [0.25, 0.3) is 0 Å². The largest absolute Gasteiger partial charge is 0.364 e. The number of carbonyl (C=O) groups is 1. The quantitative estimate of drug-likeness (QED) is 0.524. The normalized spacial score (nSPS) is 61.7. The van der Waals surface area contributed by atoms with E-state index in [0.717, 1.165) is 0 Å². The van der Waals surface area contributed by atoms with Crippen LogP contribution in [0.15, 0.2) is 0 Å². The van der Waals surface area contributed by atoms with Crippen LogP contribution in [0.4, 0.5) is 0 Å². The van der Waals surface area contributed by atoms with Crippen LogP contribution in [0.5, 0.6) is 0 Å². The highest BCUT2D eigenvalue weighted by atomic mass is 16.6. The Morgan fingerprint density at radius 3 is 2.33 bits per heavy atom. The fourth-order valence-electron chi connectivity index (χ4n) is 2.81. The van der Waals surface area contributed by atoms with Crippen molar-refractivity contribution in [3.05, 3.63) is 0 Å². The van der Waals surface area contributed by atoms with E-state index in [0.29, 0.717) is 5.92 Å². The molecule has 4 rings (SSSR count). The molecule has 3 heteroatoms. The Morgan fingerprint density at radius 1 is 1.00 bits per heavy atom. The van der Waals surface area contributed by atoms with Crippen molar-refractivity contribution in [3.8, 4) is 0 Å². The van der Waals surface area contributed by atoms with Crippen molar-refractivity contribution >= 4 is 5.78 Å². The van der Waals surface area contributed by atoms with Crippen molar-refractivity contribution in [2.45, 2.75) is 38.3 Å². The van der Waals surface area contributed by atoms with Gasteiger partial charge in [0.15, 0.2) is 5.78 Å². The Balaban J connectivity index is 2.06. The average molecular weight is 168 g/mol. The molecule has 0 amide bonds. The van der Waals surface area contributed by atoms with Gasteiger partial charge in [-0.2, -0.15) is 0 Å². The zero-order valence-corrected chi connectivity index (χ0v) is 7.19. The monoisotopic (exact) mass is 168 g/mol. The summed E-state index contributed by atoms with van der Waals surface area (Å²) in [7, 11) is 0. The van der Waals surface area contributed by atoms with E-state index in [9.17, 15) is 4.79 Å². The number of rotatable bonds is 0. The van der Waals surface area contributed by atoms with E-state index in [1.165, 1.54) is 0 Å². The summed E-state index contributed by atoms with van der Waals surface area (Å²) < 4.78 is 11.2. The minimum atomic E-state index is -0.230. The van der Waals surface area contributed by atoms with Crippen molar-refractivity contribution in [1.29, 1.82) is 0 Å². The summed E-state index contributed by atoms with van der Waals surface area (Å²) in [5.74, 6) is 0.822. The predicted octanol–water partition coefficient (Wildman–Crippen LogP) is 0.376. The summed E-state index contributed by atoms with van der Waals surface area (Å²) >= 11 is 0. The molecule has 4 heterocycles. The zero-order valence-electron chi connectivity index (χ0n) is 7.19. The Bertz CT molecular complexity index is 244. The van der Waals surface area contributed by atoms with E-state index in [1.807, 2.05) is 6.92 Å². The van der Waals surface area contributed by atoms with Crippen LogP contribution in [0.3, 0.4) is 0 Å². The SMILES string of the molecule is C[C@@H]1[C@@H]2OC3C(=O)[C@H](O[C@H]31)[C@H]2C. The standard InChI is InChI=1S/C9H12O3/c1-3-6-4(2)8-9(11-6)5(10)7(3)12-8/h3-4,6-9H,1-2H3/t3-,4+,6+,7+,8-,9?/m0/s1. The number of carbonyl (C=O) groups excluding carboxylic acids is 1. The Kier molecular flexibility index (Phi) is 1.12. The highest BCUT2D eigenvalue weighted by Crippen LogP contribution is 2.47. The molecule has 0 aromatic rings. The third-order valence-corrected chi connectivity index (χ3v) is 3.50. The van der Waals surface area contributed by atoms with Crippen LogP contribution in [-0.2, 0) is 14.3 Å². The Morgan fingerprint density at radius 2 is 1.67 bits per heavy atom. The highest BCUT2D eigenvalue weighted by Gasteiger charge is 2.63. The molecule has 0 aromatic heterocycles. The smallest absolute Gasteiger partial charge is 0.193 e. The van der Waals surface area contributed by atoms with Gasteiger partial charge in [-0.3, -0.25) is 4.79 Å². The lowest BCUT2D eigenvalue weighted by Crippen LogP contribution is -2.45. The average Bonchev–Trinajstić information content (AvgIpc) is 2.43. The van der Waals surface area contributed by atoms with E-state index in [2.05, 4.69) is 6.92 Å². The molecule has 4 fully saturated rings. The van der Waals surface area contributed by atoms with Gasteiger partial charge in [-0.15, -0.1) is 0 Å². The molecule has 0 radical (unpaired) electrons. The number of hydrogen-bond acceptors (Lipinski definition) is 3. The third kappa shape index (κ3) is 0.559. The predicted molar refractivity (Wildman–Crippen MR) is 40.7 cm³/mol. The maximum atomic E-state index is 11.5. The van der Waals surface area contributed by atoms with E-state index >= 15 is 0 Å². The van der Waals surface area contributed by atoms with Gasteiger partial charge < -0.3 is 9.47 Å². The second-order valence-electron chi connectivity index (χ2n) is 4.16. The van der Waals surface area contributed by atoms with Crippen molar-refractivity contribution < 1.29 is 14.3 Å². The van der Waals surface area contributed by atoms with Crippen LogP contribution in [0.2, 0.25) is 0 Å². The van der Waals surface area contributed by atoms with Gasteiger partial charge in [0, 0.05) is 11.8 Å². The first kappa shape index (κ1) is 7.04. The third-order valence-electron chi connectivity index (χ3n) is 3.50. The lowest BCUT2D eigenvalue weighted by Gasteiger charge is -2.34. The molecule has 0 aliphatic carbocycles. The lowest BCUT2D eigenvalue weighted by molar-refractivity contribution is -0.151. The molecule has 4 saturated heterocycles. The second-order valence-corrected chi connectivity index (χ2v) is 4.16. The maximum absolute atomic E-state index is 11.5. The molecule has 4 bridgehead atoms. The van der Waals surface area contributed by atoms with Crippen LogP contribution in [0.25, 0.3) is 0 Å². The minimum absolute atomic E-state index is 0.0590. The van der Waals surface area contributed by atoms with Crippen molar-refractivity contribution in [1.82, 2.24) is 0 Å². The van der Waals surface area contributed by atoms with E-state index in [-0.39, 0.29) is 36.1 Å². The number of hydrogen-bond donors (Lipinski definition) is 0. The van der Waals surface area contributed by atoms with Crippen LogP contribution in [0, 0.1) is 11.8 Å². The fourth-order valence-corrected chi connectivity index (χ4v) is 2.81. The van der Waals surface area contributed by atoms with E-state index in [1.54, 1.807) is 0 Å². The molecule has 4 aliphatic heterocycles. The lowest BCUT2D eigenvalue weighted by atomic mass is 9.87. The molecule has 3 nitrogen and oxygen atoms in total. The molecule has 12 heavy (non-hydrogen) atoms. The number of Topliss-reactive ketones (excluding diaryl/α,β-unsaturated/α-hetero) is 1. The van der Waals surface area contributed by atoms with Gasteiger partial charge in [0.1, 0.15) is 12.2 Å². The molecule has 66 valence electrons. The van der Waals surface area contributed by atoms with Gasteiger partial charge in [-0.05, 0) is 0 Å². The summed E-state index contributed by atoms with van der Waals surface area (Å²) in [6.45, 7) is 4.15. The highest BCUT2D eigenvalue weighted by molar-refractivity contribution is 5.91. The molecule has 0 spiro atoms. The van der Waals surface area contributed by atoms with Crippen LogP contribution >= 0.6 is 0 Å². The second kappa shape index (κ2) is 1.91. The van der Waals surface area contributed by atoms with Crippen LogP contribution in [0.1, 0.15) is 13.8 Å². The van der Waals surface area contributed by atoms with Gasteiger partial charge in [-0.25, -0.2) is 0 Å². The summed E-state index contributed by atoms with van der Waals surface area (Å²) in [6.07, 6.45) is -0.0682. The zero-order chi connectivity index (χ0) is 8.46. The molecular formula is C9H12O3. The van der Waals surface area contributed by atoms with Gasteiger partial charge in [0.05, 0.1) is 12.2 Å². The minimum Gasteiger partial charge on any atom is -0.364 e. The van der Waals surface area contributed by atoms with Gasteiger partial charge >= 0.3 is 0 Å². The van der Waals surface area contributed by atoms with Crippen LogP contribution in [-0.4, -0.2) is 30.2 Å². The van der Waals surface area contributed by atoms with Crippen molar-refractivity contribution in [3.63, 3.8) is 0 Å². The topological polar surface area (TPSA) is 35.5 Å². The van der Waals surface area contributed by atoms with E-state index in [4.69, 9.17) is 9.47 Å². The summed E-state index contributed by atoms with van der Waals surface area (Å²) in [6, 6.07) is 0. The van der Waals surface area contributed by atoms with Crippen molar-refractivity contribution in [2.75, 3.05) is 0 Å². The molecular weight excluding hydrogens is 156 g/mol. The van der Waals surface area contributed by atoms with Crippen LogP contribution < -0.4 is 0 Å². The fraction of sp³-hybridized carbons (Fsp3) is 0.889. The molecule has 0 N–H and O–H groups in total. The van der Waals surface area contributed by atoms with Gasteiger partial charge in [0.2, 0.25) is 0 Å². The molecule has 6 atom stereocenters. The number of ketones is 1. The molecule has 0 saturated carbocycles. The summed E-state index contributed by atoms with van der Waals surface area (Å²) in [5, 5.41) is 0. The first-order valence-corrected chi connectivity index (χ1v) is 4.55. The Labute approximate surface area is 71.0 Å². The first-order chi connectivity index (χ1) is 5.70. The van der Waals surface area contributed by atoms with Gasteiger partial charge in [-0.1, -0.05) is 13.8 Å². The Hall–Kier alpha value is -0.410.